The Bertz CT molecular complexity index is 730. The number of fused-ring (bicyclic) bond motifs is 1. The lowest BCUT2D eigenvalue weighted by molar-refractivity contribution is -0.383. The molecule has 0 radical (unpaired) electrons. The van der Waals surface area contributed by atoms with Gasteiger partial charge in [0.1, 0.15) is 24.1 Å². The molecule has 1 fully saturated rings. The van der Waals surface area contributed by atoms with Gasteiger partial charge in [-0.05, 0) is 25.8 Å². The van der Waals surface area contributed by atoms with Gasteiger partial charge in [-0.25, -0.2) is 9.97 Å². The maximum atomic E-state index is 11.4. The molecule has 1 aromatic heterocycles. The van der Waals surface area contributed by atoms with Crippen molar-refractivity contribution >= 4 is 28.1 Å². The molecule has 1 N–H and O–H groups in total. The highest BCUT2D eigenvalue weighted by Gasteiger charge is 2.24. The first-order chi connectivity index (χ1) is 11.1. The molecule has 1 saturated heterocycles. The Kier molecular flexibility index (Phi) is 4.24. The van der Waals surface area contributed by atoms with E-state index in [1.165, 1.54) is 12.4 Å². The molecule has 0 aliphatic carbocycles. The Morgan fingerprint density at radius 2 is 2.30 bits per heavy atom. The highest BCUT2D eigenvalue weighted by Crippen LogP contribution is 2.34. The van der Waals surface area contributed by atoms with Crippen molar-refractivity contribution in [2.24, 2.45) is 0 Å². The van der Waals surface area contributed by atoms with Crippen molar-refractivity contribution in [3.8, 4) is 0 Å². The zero-order valence-corrected chi connectivity index (χ0v) is 13.2. The third-order valence-electron chi connectivity index (χ3n) is 3.97. The molecule has 23 heavy (non-hydrogen) atoms. The number of hydrogen-bond donors (Lipinski definition) is 1. The van der Waals surface area contributed by atoms with Crippen LogP contribution in [0.4, 0.5) is 17.2 Å². The van der Waals surface area contributed by atoms with E-state index in [1.807, 2.05) is 18.9 Å². The standard InChI is InChI=1S/C15H19N5O3/c1-3-16-12-8-11-10(7-13(12)20(21)22)15(18-9-17-11)19(2)14-5-4-6-23-14/h7-9,14,16H,3-6H2,1-2H3. The van der Waals surface area contributed by atoms with Crippen LogP contribution in [0.3, 0.4) is 0 Å². The number of nitrogens with one attached hydrogen (secondary N) is 1. The predicted octanol–water partition coefficient (Wildman–Crippen LogP) is 2.54. The van der Waals surface area contributed by atoms with Crippen molar-refractivity contribution in [1.29, 1.82) is 0 Å². The molecule has 8 heteroatoms. The zero-order chi connectivity index (χ0) is 16.4. The Hall–Kier alpha value is -2.48. The third-order valence-corrected chi connectivity index (χ3v) is 3.97. The number of aromatic nitrogens is 2. The van der Waals surface area contributed by atoms with Gasteiger partial charge in [0.25, 0.3) is 5.69 Å². The molecule has 3 rings (SSSR count). The topological polar surface area (TPSA) is 93.4 Å². The summed E-state index contributed by atoms with van der Waals surface area (Å²) in [5, 5.41) is 15.0. The van der Waals surface area contributed by atoms with Crippen LogP contribution in [-0.4, -0.2) is 41.3 Å². The molecule has 1 atom stereocenters. The summed E-state index contributed by atoms with van der Waals surface area (Å²) in [6.45, 7) is 3.22. The van der Waals surface area contributed by atoms with E-state index in [-0.39, 0.29) is 16.8 Å². The average Bonchev–Trinajstić information content (AvgIpc) is 3.07. The van der Waals surface area contributed by atoms with Crippen LogP contribution in [0.15, 0.2) is 18.5 Å². The number of benzene rings is 1. The number of ether oxygens (including phenoxy) is 1. The fourth-order valence-corrected chi connectivity index (χ4v) is 2.84. The average molecular weight is 317 g/mol. The molecule has 2 heterocycles. The van der Waals surface area contributed by atoms with Gasteiger partial charge in [0.15, 0.2) is 0 Å². The summed E-state index contributed by atoms with van der Waals surface area (Å²) in [7, 11) is 1.89. The molecule has 122 valence electrons. The second kappa shape index (κ2) is 6.33. The minimum atomic E-state index is -0.389. The summed E-state index contributed by atoms with van der Waals surface area (Å²) in [5.41, 5.74) is 1.16. The molecule has 0 bridgehead atoms. The van der Waals surface area contributed by atoms with Crippen LogP contribution >= 0.6 is 0 Å². The fourth-order valence-electron chi connectivity index (χ4n) is 2.84. The molecule has 2 aromatic rings. The van der Waals surface area contributed by atoms with Gasteiger partial charge < -0.3 is 15.0 Å². The summed E-state index contributed by atoms with van der Waals surface area (Å²) in [6, 6.07) is 3.24. The Balaban J connectivity index is 2.12. The SMILES string of the molecule is CCNc1cc2ncnc(N(C)C3CCCO3)c2cc1[N+](=O)[O-]. The first-order valence-electron chi connectivity index (χ1n) is 7.63. The van der Waals surface area contributed by atoms with Crippen molar-refractivity contribution in [2.75, 3.05) is 30.4 Å². The van der Waals surface area contributed by atoms with Crippen molar-refractivity contribution in [1.82, 2.24) is 9.97 Å². The Labute approximate surface area is 133 Å². The van der Waals surface area contributed by atoms with E-state index in [9.17, 15) is 10.1 Å². The van der Waals surface area contributed by atoms with Crippen LogP contribution in [0.1, 0.15) is 19.8 Å². The number of hydrogen-bond acceptors (Lipinski definition) is 7. The lowest BCUT2D eigenvalue weighted by Gasteiger charge is -2.25. The largest absolute Gasteiger partial charge is 0.380 e. The van der Waals surface area contributed by atoms with E-state index in [0.717, 1.165) is 19.4 Å². The van der Waals surface area contributed by atoms with Crippen molar-refractivity contribution < 1.29 is 9.66 Å². The fraction of sp³-hybridized carbons (Fsp3) is 0.467. The third kappa shape index (κ3) is 2.89. The van der Waals surface area contributed by atoms with Crippen LogP contribution in [0.5, 0.6) is 0 Å². The van der Waals surface area contributed by atoms with Crippen molar-refractivity contribution in [3.05, 3.63) is 28.6 Å². The number of nitrogens with zero attached hydrogens (tertiary/aromatic N) is 4. The summed E-state index contributed by atoms with van der Waals surface area (Å²) < 4.78 is 5.68. The van der Waals surface area contributed by atoms with Gasteiger partial charge in [-0.1, -0.05) is 0 Å². The maximum Gasteiger partial charge on any atom is 0.293 e. The van der Waals surface area contributed by atoms with Gasteiger partial charge in [0, 0.05) is 31.7 Å². The molecule has 0 amide bonds. The van der Waals surface area contributed by atoms with E-state index in [1.54, 1.807) is 6.07 Å². The minimum absolute atomic E-state index is 0.0242. The minimum Gasteiger partial charge on any atom is -0.380 e. The van der Waals surface area contributed by atoms with Gasteiger partial charge in [0.2, 0.25) is 0 Å². The van der Waals surface area contributed by atoms with Gasteiger partial charge in [0.05, 0.1) is 10.4 Å². The highest BCUT2D eigenvalue weighted by atomic mass is 16.6. The second-order valence-electron chi connectivity index (χ2n) is 5.45. The molecule has 1 aliphatic heterocycles. The second-order valence-corrected chi connectivity index (χ2v) is 5.45. The van der Waals surface area contributed by atoms with E-state index in [0.29, 0.717) is 29.0 Å². The van der Waals surface area contributed by atoms with Gasteiger partial charge in [-0.2, -0.15) is 0 Å². The van der Waals surface area contributed by atoms with Crippen molar-refractivity contribution in [2.45, 2.75) is 26.0 Å². The van der Waals surface area contributed by atoms with E-state index < -0.39 is 0 Å². The van der Waals surface area contributed by atoms with Crippen LogP contribution < -0.4 is 10.2 Å². The number of rotatable bonds is 5. The van der Waals surface area contributed by atoms with Gasteiger partial charge in [-0.3, -0.25) is 10.1 Å². The summed E-state index contributed by atoms with van der Waals surface area (Å²) in [6.07, 6.45) is 3.34. The predicted molar refractivity (Wildman–Crippen MR) is 87.7 cm³/mol. The van der Waals surface area contributed by atoms with Crippen LogP contribution in [-0.2, 0) is 4.74 Å². The van der Waals surface area contributed by atoms with E-state index in [4.69, 9.17) is 4.74 Å². The monoisotopic (exact) mass is 317 g/mol. The summed E-state index contributed by atoms with van der Waals surface area (Å²) in [5.74, 6) is 0.646. The van der Waals surface area contributed by atoms with Crippen LogP contribution in [0.2, 0.25) is 0 Å². The molecule has 1 unspecified atom stereocenters. The molecule has 0 spiro atoms. The number of nitro groups is 1. The lowest BCUT2D eigenvalue weighted by Crippen LogP contribution is -2.31. The number of nitro benzene ring substituents is 1. The van der Waals surface area contributed by atoms with E-state index in [2.05, 4.69) is 15.3 Å². The molecule has 1 aromatic carbocycles. The van der Waals surface area contributed by atoms with Crippen LogP contribution in [0, 0.1) is 10.1 Å². The zero-order valence-electron chi connectivity index (χ0n) is 13.2. The quantitative estimate of drug-likeness (QED) is 0.669. The van der Waals surface area contributed by atoms with Gasteiger partial charge >= 0.3 is 0 Å². The molecular formula is C15H19N5O3. The molecule has 1 aliphatic rings. The van der Waals surface area contributed by atoms with Gasteiger partial charge in [-0.15, -0.1) is 0 Å². The molecule has 0 saturated carbocycles. The molecule has 8 nitrogen and oxygen atoms in total. The lowest BCUT2D eigenvalue weighted by atomic mass is 10.1. The number of anilines is 2. The summed E-state index contributed by atoms with van der Waals surface area (Å²) in [4.78, 5) is 21.5. The Morgan fingerprint density at radius 1 is 1.48 bits per heavy atom. The first kappa shape index (κ1) is 15.4. The highest BCUT2D eigenvalue weighted by molar-refractivity contribution is 5.94. The smallest absolute Gasteiger partial charge is 0.293 e. The first-order valence-corrected chi connectivity index (χ1v) is 7.63. The Morgan fingerprint density at radius 3 is 2.96 bits per heavy atom. The normalized spacial score (nSPS) is 17.4. The van der Waals surface area contributed by atoms with Crippen LogP contribution in [0.25, 0.3) is 10.9 Å². The van der Waals surface area contributed by atoms with E-state index >= 15 is 0 Å². The summed E-state index contributed by atoms with van der Waals surface area (Å²) >= 11 is 0. The maximum absolute atomic E-state index is 11.4. The molecular weight excluding hydrogens is 298 g/mol. The van der Waals surface area contributed by atoms with Crippen molar-refractivity contribution in [3.63, 3.8) is 0 Å².